The van der Waals surface area contributed by atoms with Crippen molar-refractivity contribution >= 4 is 29.8 Å². The molecule has 2 aromatic carbocycles. The van der Waals surface area contributed by atoms with Crippen LogP contribution < -0.4 is 20.7 Å². The van der Waals surface area contributed by atoms with Crippen molar-refractivity contribution in [2.24, 2.45) is 0 Å². The van der Waals surface area contributed by atoms with E-state index in [0.717, 1.165) is 37.6 Å². The Kier molecular flexibility index (Phi) is 8.07. The minimum Gasteiger partial charge on any atom is -0.454 e. The third kappa shape index (κ3) is 5.95. The number of halogens is 1. The van der Waals surface area contributed by atoms with Crippen molar-refractivity contribution in [3.05, 3.63) is 112 Å². The Morgan fingerprint density at radius 2 is 1.50 bits per heavy atom. The fourth-order valence-electron chi connectivity index (χ4n) is 4.15. The van der Waals surface area contributed by atoms with Crippen molar-refractivity contribution in [2.45, 2.75) is 13.1 Å². The molecule has 1 amide bonds. The Balaban J connectivity index is 0.00000304. The molecule has 5 rings (SSSR count). The Hall–Kier alpha value is -4.04. The van der Waals surface area contributed by atoms with Gasteiger partial charge in [-0.25, -0.2) is 4.68 Å². The van der Waals surface area contributed by atoms with Gasteiger partial charge in [-0.3, -0.25) is 9.59 Å². The second-order valence-corrected chi connectivity index (χ2v) is 8.43. The lowest BCUT2D eigenvalue weighted by atomic mass is 10.2. The van der Waals surface area contributed by atoms with Gasteiger partial charge in [-0.15, -0.1) is 12.4 Å². The van der Waals surface area contributed by atoms with E-state index in [4.69, 9.17) is 4.42 Å². The Morgan fingerprint density at radius 3 is 2.22 bits per heavy atom. The first kappa shape index (κ1) is 25.1. The molecule has 2 aromatic heterocycles. The number of benzene rings is 2. The Bertz CT molecular complexity index is 1330. The number of carbonyl (C=O) groups is 1. The summed E-state index contributed by atoms with van der Waals surface area (Å²) in [6.45, 7) is 3.95. The van der Waals surface area contributed by atoms with Gasteiger partial charge in [0.2, 0.25) is 0 Å². The number of piperazine rings is 1. The van der Waals surface area contributed by atoms with Crippen LogP contribution in [-0.4, -0.2) is 41.9 Å². The van der Waals surface area contributed by atoms with Crippen LogP contribution in [0.2, 0.25) is 0 Å². The highest BCUT2D eigenvalue weighted by molar-refractivity contribution is 5.91. The van der Waals surface area contributed by atoms with E-state index >= 15 is 0 Å². The van der Waals surface area contributed by atoms with Crippen molar-refractivity contribution in [2.75, 3.05) is 36.0 Å². The molecule has 1 N–H and O–H groups in total. The van der Waals surface area contributed by atoms with Crippen LogP contribution in [0.15, 0.2) is 94.1 Å². The molecule has 186 valence electrons. The number of hydrogen-bond donors (Lipinski definition) is 1. The second-order valence-electron chi connectivity index (χ2n) is 8.43. The quantitative estimate of drug-likeness (QED) is 0.413. The number of para-hydroxylation sites is 1. The van der Waals surface area contributed by atoms with Crippen LogP contribution in [0.5, 0.6) is 0 Å². The zero-order valence-electron chi connectivity index (χ0n) is 19.7. The van der Waals surface area contributed by atoms with Gasteiger partial charge in [0.05, 0.1) is 0 Å². The maximum absolute atomic E-state index is 12.4. The average molecular weight is 506 g/mol. The van der Waals surface area contributed by atoms with Gasteiger partial charge in [0.15, 0.2) is 5.76 Å². The summed E-state index contributed by atoms with van der Waals surface area (Å²) in [7, 11) is 0. The number of carbonyl (C=O) groups excluding carboxylic acids is 1. The first-order chi connectivity index (χ1) is 17.2. The van der Waals surface area contributed by atoms with Crippen LogP contribution in [0.4, 0.5) is 11.5 Å². The normalized spacial score (nSPS) is 13.2. The molecule has 0 unspecified atom stereocenters. The molecule has 0 aliphatic carbocycles. The molecule has 8 nitrogen and oxygen atoms in total. The van der Waals surface area contributed by atoms with Gasteiger partial charge >= 0.3 is 0 Å². The van der Waals surface area contributed by atoms with Crippen LogP contribution >= 0.6 is 12.4 Å². The lowest BCUT2D eigenvalue weighted by Gasteiger charge is -2.36. The summed E-state index contributed by atoms with van der Waals surface area (Å²) in [5.41, 5.74) is 2.00. The first-order valence-corrected chi connectivity index (χ1v) is 11.7. The molecule has 0 spiro atoms. The number of rotatable bonds is 7. The lowest BCUT2D eigenvalue weighted by molar-refractivity contribution is 0.0921. The van der Waals surface area contributed by atoms with Gasteiger partial charge < -0.3 is 19.5 Å². The third-order valence-corrected chi connectivity index (χ3v) is 6.06. The van der Waals surface area contributed by atoms with Gasteiger partial charge in [-0.2, -0.15) is 5.10 Å². The van der Waals surface area contributed by atoms with E-state index in [0.29, 0.717) is 12.3 Å². The molecule has 9 heteroatoms. The van der Waals surface area contributed by atoms with E-state index in [2.05, 4.69) is 32.3 Å². The molecule has 4 aromatic rings. The summed E-state index contributed by atoms with van der Waals surface area (Å²) < 4.78 is 7.09. The minimum absolute atomic E-state index is 0. The maximum Gasteiger partial charge on any atom is 0.287 e. The number of anilines is 2. The first-order valence-electron chi connectivity index (χ1n) is 11.7. The number of nitrogens with one attached hydrogen (secondary N) is 1. The molecule has 3 heterocycles. The second kappa shape index (κ2) is 11.6. The van der Waals surface area contributed by atoms with Crippen LogP contribution in [0.3, 0.4) is 0 Å². The van der Waals surface area contributed by atoms with Gasteiger partial charge in [0, 0.05) is 44.5 Å². The highest BCUT2D eigenvalue weighted by Crippen LogP contribution is 2.18. The van der Waals surface area contributed by atoms with Crippen LogP contribution in [0, 0.1) is 0 Å². The molecule has 0 saturated carbocycles. The summed E-state index contributed by atoms with van der Waals surface area (Å²) >= 11 is 0. The van der Waals surface area contributed by atoms with Crippen LogP contribution in [0.1, 0.15) is 21.9 Å². The Morgan fingerprint density at radius 1 is 0.833 bits per heavy atom. The predicted molar refractivity (Wildman–Crippen MR) is 142 cm³/mol. The molecule has 1 saturated heterocycles. The molecule has 0 bridgehead atoms. The monoisotopic (exact) mass is 505 g/mol. The van der Waals surface area contributed by atoms with Crippen molar-refractivity contribution in [3.8, 4) is 0 Å². The number of nitrogens with zero attached hydrogens (tertiary/aromatic N) is 4. The predicted octanol–water partition coefficient (Wildman–Crippen LogP) is 3.56. The number of furan rings is 1. The number of aromatic nitrogens is 2. The third-order valence-electron chi connectivity index (χ3n) is 6.06. The number of amides is 1. The zero-order valence-corrected chi connectivity index (χ0v) is 20.6. The van der Waals surface area contributed by atoms with Gasteiger partial charge in [0.25, 0.3) is 11.5 Å². The van der Waals surface area contributed by atoms with E-state index in [9.17, 15) is 9.59 Å². The maximum atomic E-state index is 12.4. The summed E-state index contributed by atoms with van der Waals surface area (Å²) in [6, 6.07) is 26.6. The van der Waals surface area contributed by atoms with Gasteiger partial charge in [-0.1, -0.05) is 48.5 Å². The van der Waals surface area contributed by atoms with Crippen molar-refractivity contribution in [1.82, 2.24) is 15.1 Å². The molecule has 1 aliphatic heterocycles. The standard InChI is InChI=1S/C27H27N5O3.ClH/c33-26-14-13-25(31-17-15-30(16-18-31)22-9-5-2-6-10-22)29-32(26)20-23-11-12-24(35-23)27(34)28-19-21-7-3-1-4-8-21;/h1-14H,15-20H2,(H,28,34);1H. The van der Waals surface area contributed by atoms with Crippen molar-refractivity contribution in [1.29, 1.82) is 0 Å². The summed E-state index contributed by atoms with van der Waals surface area (Å²) in [6.07, 6.45) is 0. The van der Waals surface area contributed by atoms with E-state index in [1.165, 1.54) is 16.4 Å². The minimum atomic E-state index is -0.301. The molecular formula is C27H28ClN5O3. The van der Waals surface area contributed by atoms with E-state index in [1.54, 1.807) is 18.2 Å². The smallest absolute Gasteiger partial charge is 0.287 e. The summed E-state index contributed by atoms with van der Waals surface area (Å²) in [5.74, 6) is 1.16. The Labute approximate surface area is 215 Å². The molecular weight excluding hydrogens is 478 g/mol. The summed E-state index contributed by atoms with van der Waals surface area (Å²) in [5, 5.41) is 7.41. The molecule has 1 aliphatic rings. The highest BCUT2D eigenvalue weighted by atomic mass is 35.5. The fraction of sp³-hybridized carbons (Fsp3) is 0.222. The van der Waals surface area contributed by atoms with Crippen molar-refractivity contribution < 1.29 is 9.21 Å². The van der Waals surface area contributed by atoms with E-state index in [1.807, 2.05) is 48.5 Å². The SMILES string of the molecule is Cl.O=C(NCc1ccccc1)c1ccc(Cn2nc(N3CCN(c4ccccc4)CC3)ccc2=O)o1. The van der Waals surface area contributed by atoms with Gasteiger partial charge in [-0.05, 0) is 35.9 Å². The van der Waals surface area contributed by atoms with Crippen LogP contribution in [-0.2, 0) is 13.1 Å². The average Bonchev–Trinajstić information content (AvgIpc) is 3.38. The lowest BCUT2D eigenvalue weighted by Crippen LogP contribution is -2.47. The number of hydrogen-bond acceptors (Lipinski definition) is 6. The fourth-order valence-corrected chi connectivity index (χ4v) is 4.15. The molecule has 0 atom stereocenters. The van der Waals surface area contributed by atoms with Gasteiger partial charge in [0.1, 0.15) is 18.1 Å². The highest BCUT2D eigenvalue weighted by Gasteiger charge is 2.19. The molecule has 1 fully saturated rings. The largest absolute Gasteiger partial charge is 0.454 e. The molecule has 36 heavy (non-hydrogen) atoms. The molecule has 0 radical (unpaired) electrons. The van der Waals surface area contributed by atoms with E-state index in [-0.39, 0.29) is 36.2 Å². The topological polar surface area (TPSA) is 83.6 Å². The summed E-state index contributed by atoms with van der Waals surface area (Å²) in [4.78, 5) is 29.4. The van der Waals surface area contributed by atoms with Crippen molar-refractivity contribution in [3.63, 3.8) is 0 Å². The zero-order chi connectivity index (χ0) is 24.0. The van der Waals surface area contributed by atoms with Crippen LogP contribution in [0.25, 0.3) is 0 Å². The van der Waals surface area contributed by atoms with E-state index < -0.39 is 0 Å².